The third-order valence-electron chi connectivity index (χ3n) is 2.31. The van der Waals surface area contributed by atoms with E-state index in [2.05, 4.69) is 0 Å². The molecule has 0 unspecified atom stereocenters. The van der Waals surface area contributed by atoms with Gasteiger partial charge in [0.25, 0.3) is 0 Å². The maximum Gasteiger partial charge on any atom is 0.455 e. The number of alkyl halides is 5. The maximum absolute atomic E-state index is 12.9. The zero-order valence-corrected chi connectivity index (χ0v) is 9.88. The van der Waals surface area contributed by atoms with Gasteiger partial charge in [0.05, 0.1) is 0 Å². The Balaban J connectivity index is 0.00000289. The first kappa shape index (κ1) is 17.1. The Morgan fingerprint density at radius 2 is 1.61 bits per heavy atom. The van der Waals surface area contributed by atoms with E-state index in [-0.39, 0.29) is 18.0 Å². The van der Waals surface area contributed by atoms with Gasteiger partial charge in [0.15, 0.2) is 0 Å². The molecule has 2 N–H and O–H groups in total. The fourth-order valence-electron chi connectivity index (χ4n) is 1.25. The van der Waals surface area contributed by atoms with Gasteiger partial charge in [-0.15, -0.1) is 12.4 Å². The molecule has 1 nitrogen and oxygen atoms in total. The number of hydrogen-bond acceptors (Lipinski definition) is 1. The third kappa shape index (κ3) is 3.08. The second-order valence-electron chi connectivity index (χ2n) is 3.61. The van der Waals surface area contributed by atoms with Crippen LogP contribution in [0.15, 0.2) is 18.2 Å². The van der Waals surface area contributed by atoms with Crippen LogP contribution in [-0.2, 0) is 0 Å². The van der Waals surface area contributed by atoms with E-state index in [1.165, 1.54) is 6.92 Å². The van der Waals surface area contributed by atoms with Crippen LogP contribution in [0.4, 0.5) is 26.3 Å². The Morgan fingerprint density at radius 3 is 2.00 bits per heavy atom. The van der Waals surface area contributed by atoms with Crippen molar-refractivity contribution in [1.82, 2.24) is 0 Å². The van der Waals surface area contributed by atoms with Gasteiger partial charge in [0.2, 0.25) is 0 Å². The minimum absolute atomic E-state index is 0. The summed E-state index contributed by atoms with van der Waals surface area (Å²) in [6.45, 7) is 1.25. The van der Waals surface area contributed by atoms with Gasteiger partial charge in [-0.3, -0.25) is 0 Å². The molecular weight excluding hydrogens is 284 g/mol. The highest BCUT2D eigenvalue weighted by atomic mass is 35.5. The van der Waals surface area contributed by atoms with E-state index in [9.17, 15) is 26.3 Å². The van der Waals surface area contributed by atoms with Gasteiger partial charge >= 0.3 is 12.1 Å². The molecule has 0 radical (unpaired) electrons. The Kier molecular flexibility index (Phi) is 5.07. The second-order valence-corrected chi connectivity index (χ2v) is 3.61. The van der Waals surface area contributed by atoms with Crippen LogP contribution in [0.25, 0.3) is 0 Å². The van der Waals surface area contributed by atoms with Crippen molar-refractivity contribution in [2.45, 2.75) is 25.1 Å². The van der Waals surface area contributed by atoms with Crippen LogP contribution in [0.2, 0.25) is 0 Å². The van der Waals surface area contributed by atoms with Crippen molar-refractivity contribution in [1.29, 1.82) is 0 Å². The minimum Gasteiger partial charge on any atom is -0.319 e. The molecule has 0 bridgehead atoms. The van der Waals surface area contributed by atoms with Crippen LogP contribution in [0.5, 0.6) is 0 Å². The Labute approximate surface area is 105 Å². The largest absolute Gasteiger partial charge is 0.455 e. The fraction of sp³-hybridized carbons (Fsp3) is 0.400. The molecular formula is C10H10ClF6N. The van der Waals surface area contributed by atoms with E-state index < -0.39 is 29.5 Å². The van der Waals surface area contributed by atoms with Crippen LogP contribution < -0.4 is 5.73 Å². The summed E-state index contributed by atoms with van der Waals surface area (Å²) in [6, 6.07) is -0.0645. The average Bonchev–Trinajstić information content (AvgIpc) is 2.19. The van der Waals surface area contributed by atoms with Gasteiger partial charge in [0, 0.05) is 0 Å². The minimum atomic E-state index is -5.74. The van der Waals surface area contributed by atoms with E-state index in [1.54, 1.807) is 0 Å². The highest BCUT2D eigenvalue weighted by molar-refractivity contribution is 5.85. The predicted octanol–water partition coefficient (Wildman–Crippen LogP) is 3.75. The molecule has 104 valence electrons. The molecule has 8 heteroatoms. The summed E-state index contributed by atoms with van der Waals surface area (Å²) >= 11 is 0. The number of nitrogens with two attached hydrogens (primary N) is 1. The monoisotopic (exact) mass is 293 g/mol. The number of hydrogen-bond donors (Lipinski definition) is 1. The number of rotatable bonds is 2. The molecule has 0 saturated carbocycles. The first-order chi connectivity index (χ1) is 7.57. The van der Waals surface area contributed by atoms with Crippen molar-refractivity contribution >= 4 is 12.4 Å². The maximum atomic E-state index is 12.9. The lowest BCUT2D eigenvalue weighted by molar-refractivity contribution is -0.291. The van der Waals surface area contributed by atoms with Crippen LogP contribution in [0, 0.1) is 12.7 Å². The van der Waals surface area contributed by atoms with E-state index in [4.69, 9.17) is 5.73 Å². The smallest absolute Gasteiger partial charge is 0.319 e. The fourth-order valence-corrected chi connectivity index (χ4v) is 1.25. The van der Waals surface area contributed by atoms with Crippen molar-refractivity contribution < 1.29 is 26.3 Å². The molecule has 0 saturated heterocycles. The zero-order chi connectivity index (χ0) is 13.4. The Morgan fingerprint density at radius 1 is 1.11 bits per heavy atom. The lowest BCUT2D eigenvalue weighted by Gasteiger charge is -2.26. The lowest BCUT2D eigenvalue weighted by atomic mass is 9.99. The number of halogens is 7. The van der Waals surface area contributed by atoms with Crippen LogP contribution >= 0.6 is 12.4 Å². The molecule has 1 aromatic rings. The number of aryl methyl sites for hydroxylation is 1. The molecule has 1 atom stereocenters. The van der Waals surface area contributed by atoms with Crippen molar-refractivity contribution in [3.05, 3.63) is 35.1 Å². The van der Waals surface area contributed by atoms with Crippen molar-refractivity contribution in [3.8, 4) is 0 Å². The molecule has 0 aromatic heterocycles. The van der Waals surface area contributed by atoms with Gasteiger partial charge in [-0.2, -0.15) is 22.0 Å². The zero-order valence-electron chi connectivity index (χ0n) is 9.06. The van der Waals surface area contributed by atoms with E-state index in [0.29, 0.717) is 0 Å². The quantitative estimate of drug-likeness (QED) is 0.826. The standard InChI is InChI=1S/C10H9F6N.ClH/c1-5-4-6(2-3-7(5)11)8(17)9(12,13)10(14,15)16;/h2-4,8H,17H2,1H3;1H/t8-;/m0./s1. The average molecular weight is 294 g/mol. The molecule has 0 aliphatic rings. The topological polar surface area (TPSA) is 26.0 Å². The lowest BCUT2D eigenvalue weighted by Crippen LogP contribution is -2.45. The first-order valence-electron chi connectivity index (χ1n) is 4.53. The summed E-state index contributed by atoms with van der Waals surface area (Å²) < 4.78 is 74.8. The van der Waals surface area contributed by atoms with E-state index in [1.807, 2.05) is 0 Å². The van der Waals surface area contributed by atoms with Crippen LogP contribution in [-0.4, -0.2) is 12.1 Å². The summed E-state index contributed by atoms with van der Waals surface area (Å²) in [5, 5.41) is 0. The molecule has 1 rings (SSSR count). The van der Waals surface area contributed by atoms with E-state index in [0.717, 1.165) is 18.2 Å². The third-order valence-corrected chi connectivity index (χ3v) is 2.31. The normalized spacial score (nSPS) is 14.0. The predicted molar refractivity (Wildman–Crippen MR) is 56.3 cm³/mol. The highest BCUT2D eigenvalue weighted by Crippen LogP contribution is 2.43. The van der Waals surface area contributed by atoms with Crippen LogP contribution in [0.3, 0.4) is 0 Å². The number of benzene rings is 1. The Bertz CT molecular complexity index is 417. The molecule has 0 aliphatic heterocycles. The van der Waals surface area contributed by atoms with Crippen LogP contribution in [0.1, 0.15) is 17.2 Å². The van der Waals surface area contributed by atoms with Crippen molar-refractivity contribution in [2.24, 2.45) is 5.73 Å². The molecule has 0 spiro atoms. The molecule has 18 heavy (non-hydrogen) atoms. The van der Waals surface area contributed by atoms with Crippen molar-refractivity contribution in [3.63, 3.8) is 0 Å². The van der Waals surface area contributed by atoms with Gasteiger partial charge in [-0.1, -0.05) is 12.1 Å². The van der Waals surface area contributed by atoms with E-state index >= 15 is 0 Å². The summed E-state index contributed by atoms with van der Waals surface area (Å²) in [5.74, 6) is -5.76. The van der Waals surface area contributed by atoms with Gasteiger partial charge in [-0.05, 0) is 24.1 Å². The van der Waals surface area contributed by atoms with Gasteiger partial charge in [0.1, 0.15) is 11.9 Å². The molecule has 0 amide bonds. The Hall–Kier alpha value is -0.950. The molecule has 0 aliphatic carbocycles. The second kappa shape index (κ2) is 5.36. The highest BCUT2D eigenvalue weighted by Gasteiger charge is 2.61. The van der Waals surface area contributed by atoms with Gasteiger partial charge < -0.3 is 5.73 Å². The van der Waals surface area contributed by atoms with Crippen molar-refractivity contribution in [2.75, 3.05) is 0 Å². The summed E-state index contributed by atoms with van der Waals surface area (Å²) in [4.78, 5) is 0. The first-order valence-corrected chi connectivity index (χ1v) is 4.53. The molecule has 1 aromatic carbocycles. The molecule has 0 heterocycles. The SMILES string of the molecule is Cc1cc([C@H](N)C(F)(F)C(F)(F)F)ccc1F.Cl. The van der Waals surface area contributed by atoms with Gasteiger partial charge in [-0.25, -0.2) is 4.39 Å². The summed E-state index contributed by atoms with van der Waals surface area (Å²) in [5.41, 5.74) is 4.37. The summed E-state index contributed by atoms with van der Waals surface area (Å²) in [7, 11) is 0. The summed E-state index contributed by atoms with van der Waals surface area (Å²) in [6.07, 6.45) is -5.74. The molecule has 0 fully saturated rings.